The maximum atomic E-state index is 4.34. The largest absolute Gasteiger partial charge is 0.373 e. The summed E-state index contributed by atoms with van der Waals surface area (Å²) in [5, 5.41) is 7.67. The Bertz CT molecular complexity index is 600. The van der Waals surface area contributed by atoms with Crippen molar-refractivity contribution in [3.05, 3.63) is 46.4 Å². The highest BCUT2D eigenvalue weighted by Crippen LogP contribution is 2.10. The molecule has 5 nitrogen and oxygen atoms in total. The predicted molar refractivity (Wildman–Crippen MR) is 110 cm³/mol. The molecular weight excluding hydrogens is 421 g/mol. The zero-order valence-corrected chi connectivity index (χ0v) is 16.9. The first-order valence-electron chi connectivity index (χ1n) is 7.31. The molecule has 0 radical (unpaired) electrons. The van der Waals surface area contributed by atoms with Crippen LogP contribution in [0.3, 0.4) is 0 Å². The molecule has 0 atom stereocenters. The number of guanidine groups is 1. The van der Waals surface area contributed by atoms with Gasteiger partial charge in [0.05, 0.1) is 6.54 Å². The molecule has 7 heteroatoms. The quantitative estimate of drug-likeness (QED) is 0.408. The van der Waals surface area contributed by atoms with Crippen LogP contribution in [-0.2, 0) is 6.54 Å². The van der Waals surface area contributed by atoms with Gasteiger partial charge in [-0.05, 0) is 19.1 Å². The van der Waals surface area contributed by atoms with Crippen LogP contribution in [0.15, 0.2) is 41.5 Å². The van der Waals surface area contributed by atoms with Gasteiger partial charge in [-0.1, -0.05) is 18.2 Å². The highest BCUT2D eigenvalue weighted by Gasteiger charge is 2.03. The van der Waals surface area contributed by atoms with Gasteiger partial charge in [-0.3, -0.25) is 4.99 Å². The van der Waals surface area contributed by atoms with Crippen LogP contribution in [0.25, 0.3) is 0 Å². The Morgan fingerprint density at radius 1 is 1.26 bits per heavy atom. The third-order valence-electron chi connectivity index (χ3n) is 3.24. The maximum absolute atomic E-state index is 4.34. The van der Waals surface area contributed by atoms with Crippen molar-refractivity contribution in [1.29, 1.82) is 0 Å². The topological polar surface area (TPSA) is 52.6 Å². The fraction of sp³-hybridized carbons (Fsp3) is 0.375. The molecule has 1 aromatic carbocycles. The summed E-state index contributed by atoms with van der Waals surface area (Å²) in [5.74, 6) is 0.800. The number of thiazole rings is 1. The molecule has 0 fully saturated rings. The number of nitrogens with zero attached hydrogens (tertiary/aromatic N) is 3. The van der Waals surface area contributed by atoms with E-state index >= 15 is 0 Å². The fourth-order valence-corrected chi connectivity index (χ4v) is 2.74. The van der Waals surface area contributed by atoms with Gasteiger partial charge in [-0.2, -0.15) is 0 Å². The average Bonchev–Trinajstić information content (AvgIpc) is 2.96. The third kappa shape index (κ3) is 6.74. The summed E-state index contributed by atoms with van der Waals surface area (Å²) < 4.78 is 0. The lowest BCUT2D eigenvalue weighted by Gasteiger charge is -2.20. The number of hydrogen-bond acceptors (Lipinski definition) is 4. The summed E-state index contributed by atoms with van der Waals surface area (Å²) in [6.45, 7) is 4.49. The minimum absolute atomic E-state index is 0. The van der Waals surface area contributed by atoms with E-state index in [2.05, 4.69) is 63.7 Å². The third-order valence-corrected chi connectivity index (χ3v) is 4.15. The zero-order chi connectivity index (χ0) is 15.8. The molecule has 126 valence electrons. The van der Waals surface area contributed by atoms with Crippen LogP contribution in [0.1, 0.15) is 9.88 Å². The Hall–Kier alpha value is -1.35. The van der Waals surface area contributed by atoms with Crippen molar-refractivity contribution in [2.24, 2.45) is 4.99 Å². The fourth-order valence-electron chi connectivity index (χ4n) is 2.02. The van der Waals surface area contributed by atoms with Gasteiger partial charge in [-0.25, -0.2) is 4.98 Å². The molecule has 2 N–H and O–H groups in total. The number of aromatic nitrogens is 1. The minimum Gasteiger partial charge on any atom is -0.373 e. The summed E-state index contributed by atoms with van der Waals surface area (Å²) in [7, 11) is 3.87. The first-order chi connectivity index (χ1) is 10.7. The Kier molecular flexibility index (Phi) is 8.93. The van der Waals surface area contributed by atoms with Crippen molar-refractivity contribution in [1.82, 2.24) is 15.6 Å². The summed E-state index contributed by atoms with van der Waals surface area (Å²) in [6.07, 6.45) is 1.90. The van der Waals surface area contributed by atoms with Crippen molar-refractivity contribution in [3.63, 3.8) is 0 Å². The predicted octanol–water partition coefficient (Wildman–Crippen LogP) is 2.87. The zero-order valence-electron chi connectivity index (χ0n) is 13.7. The second-order valence-electron chi connectivity index (χ2n) is 4.97. The minimum atomic E-state index is 0. The summed E-state index contributed by atoms with van der Waals surface area (Å²) in [4.78, 5) is 12.0. The maximum Gasteiger partial charge on any atom is 0.191 e. The van der Waals surface area contributed by atoms with E-state index in [1.807, 2.05) is 12.3 Å². The van der Waals surface area contributed by atoms with Crippen LogP contribution in [0.5, 0.6) is 0 Å². The van der Waals surface area contributed by atoms with Crippen molar-refractivity contribution in [3.8, 4) is 0 Å². The molecule has 2 aromatic rings. The number of aryl methyl sites for hydroxylation is 1. The molecule has 2 rings (SSSR count). The van der Waals surface area contributed by atoms with Crippen molar-refractivity contribution < 1.29 is 0 Å². The highest BCUT2D eigenvalue weighted by molar-refractivity contribution is 14.0. The molecule has 1 heterocycles. The molecule has 0 bridgehead atoms. The highest BCUT2D eigenvalue weighted by atomic mass is 127. The first kappa shape index (κ1) is 19.7. The van der Waals surface area contributed by atoms with Gasteiger partial charge in [0, 0.05) is 43.9 Å². The van der Waals surface area contributed by atoms with Crippen LogP contribution < -0.4 is 15.5 Å². The molecule has 0 spiro atoms. The second kappa shape index (κ2) is 10.4. The monoisotopic (exact) mass is 445 g/mol. The van der Waals surface area contributed by atoms with Crippen molar-refractivity contribution in [2.45, 2.75) is 13.5 Å². The number of nitrogens with one attached hydrogen (secondary N) is 2. The van der Waals surface area contributed by atoms with E-state index in [9.17, 15) is 0 Å². The molecule has 0 aliphatic rings. The molecule has 0 amide bonds. The number of para-hydroxylation sites is 1. The van der Waals surface area contributed by atoms with E-state index in [0.717, 1.165) is 24.1 Å². The van der Waals surface area contributed by atoms with Crippen molar-refractivity contribution >= 4 is 47.0 Å². The molecule has 23 heavy (non-hydrogen) atoms. The Morgan fingerprint density at radius 3 is 2.61 bits per heavy atom. The van der Waals surface area contributed by atoms with E-state index in [1.165, 1.54) is 10.6 Å². The lowest BCUT2D eigenvalue weighted by molar-refractivity contribution is 0.775. The first-order valence-corrected chi connectivity index (χ1v) is 8.12. The van der Waals surface area contributed by atoms with E-state index in [0.29, 0.717) is 6.54 Å². The molecule has 0 aliphatic carbocycles. The number of aliphatic imine (C=N–C) groups is 1. The number of anilines is 1. The molecular formula is C16H24IN5S. The van der Waals surface area contributed by atoms with Crippen LogP contribution >= 0.6 is 35.3 Å². The van der Waals surface area contributed by atoms with Crippen LogP contribution in [-0.4, -0.2) is 38.1 Å². The number of likely N-dealkylation sites (N-methyl/N-ethyl adjacent to an activating group) is 1. The number of hydrogen-bond donors (Lipinski definition) is 2. The van der Waals surface area contributed by atoms with E-state index in [1.54, 1.807) is 18.4 Å². The van der Waals surface area contributed by atoms with Gasteiger partial charge in [0.15, 0.2) is 5.96 Å². The smallest absolute Gasteiger partial charge is 0.191 e. The van der Waals surface area contributed by atoms with Gasteiger partial charge < -0.3 is 15.5 Å². The lowest BCUT2D eigenvalue weighted by atomic mass is 10.3. The van der Waals surface area contributed by atoms with Gasteiger partial charge in [0.2, 0.25) is 0 Å². The number of halogens is 1. The Balaban J connectivity index is 0.00000264. The van der Waals surface area contributed by atoms with Gasteiger partial charge in [-0.15, -0.1) is 35.3 Å². The lowest BCUT2D eigenvalue weighted by Crippen LogP contribution is -2.40. The molecule has 0 aliphatic heterocycles. The van der Waals surface area contributed by atoms with E-state index < -0.39 is 0 Å². The van der Waals surface area contributed by atoms with Crippen molar-refractivity contribution in [2.75, 3.05) is 32.1 Å². The summed E-state index contributed by atoms with van der Waals surface area (Å²) >= 11 is 1.70. The van der Waals surface area contributed by atoms with Crippen LogP contribution in [0.2, 0.25) is 0 Å². The van der Waals surface area contributed by atoms with Crippen LogP contribution in [0.4, 0.5) is 5.69 Å². The standard InChI is InChI=1S/C16H23N5S.HI/c1-13-11-19-15(22-13)12-20-16(17-2)18-9-10-21(3)14-7-5-4-6-8-14;/h4-8,11H,9-10,12H2,1-3H3,(H2,17,18,20);1H. The normalized spacial score (nSPS) is 10.8. The van der Waals surface area contributed by atoms with Gasteiger partial charge in [0.25, 0.3) is 0 Å². The van der Waals surface area contributed by atoms with Gasteiger partial charge >= 0.3 is 0 Å². The van der Waals surface area contributed by atoms with Gasteiger partial charge in [0.1, 0.15) is 5.01 Å². The average molecular weight is 445 g/mol. The molecule has 0 saturated carbocycles. The molecule has 1 aromatic heterocycles. The van der Waals surface area contributed by atoms with E-state index in [-0.39, 0.29) is 24.0 Å². The molecule has 0 saturated heterocycles. The second-order valence-corrected chi connectivity index (χ2v) is 6.29. The Morgan fingerprint density at radius 2 is 2.00 bits per heavy atom. The Labute approximate surface area is 159 Å². The van der Waals surface area contributed by atoms with Crippen LogP contribution in [0, 0.1) is 6.92 Å². The number of benzene rings is 1. The summed E-state index contributed by atoms with van der Waals surface area (Å²) in [6, 6.07) is 10.4. The summed E-state index contributed by atoms with van der Waals surface area (Å²) in [5.41, 5.74) is 1.21. The van der Waals surface area contributed by atoms with E-state index in [4.69, 9.17) is 0 Å². The SMILES string of the molecule is CN=C(NCCN(C)c1ccccc1)NCc1ncc(C)s1.I. The molecule has 0 unspecified atom stereocenters. The number of rotatable bonds is 6.